The Kier molecular flexibility index (Phi) is 7.48. The van der Waals surface area contributed by atoms with Crippen molar-refractivity contribution in [2.75, 3.05) is 12.4 Å². The molecule has 33 heavy (non-hydrogen) atoms. The quantitative estimate of drug-likeness (QED) is 0.408. The van der Waals surface area contributed by atoms with Gasteiger partial charge in [-0.3, -0.25) is 9.59 Å². The highest BCUT2D eigenvalue weighted by Gasteiger charge is 2.23. The minimum atomic E-state index is -0.750. The van der Waals surface area contributed by atoms with Crippen LogP contribution in [-0.4, -0.2) is 25.0 Å². The van der Waals surface area contributed by atoms with Crippen LogP contribution in [0.3, 0.4) is 0 Å². The smallest absolute Gasteiger partial charge is 0.322 e. The molecular formula is C25H22ClFN2O4. The van der Waals surface area contributed by atoms with Crippen molar-refractivity contribution in [2.24, 2.45) is 5.73 Å². The average molecular weight is 469 g/mol. The van der Waals surface area contributed by atoms with E-state index >= 15 is 0 Å². The average Bonchev–Trinajstić information content (AvgIpc) is 3.11. The van der Waals surface area contributed by atoms with E-state index in [1.54, 1.807) is 36.4 Å². The van der Waals surface area contributed by atoms with Gasteiger partial charge in [-0.25, -0.2) is 4.39 Å². The highest BCUT2D eigenvalue weighted by Crippen LogP contribution is 2.33. The van der Waals surface area contributed by atoms with Crippen molar-refractivity contribution < 1.29 is 23.5 Å². The van der Waals surface area contributed by atoms with Gasteiger partial charge in [0.1, 0.15) is 11.8 Å². The van der Waals surface area contributed by atoms with Gasteiger partial charge in [-0.05, 0) is 54.0 Å². The fourth-order valence-corrected chi connectivity index (χ4v) is 3.45. The van der Waals surface area contributed by atoms with Crippen molar-refractivity contribution in [1.82, 2.24) is 0 Å². The van der Waals surface area contributed by atoms with Gasteiger partial charge in [-0.1, -0.05) is 36.4 Å². The normalized spacial score (nSPS) is 14.2. The first-order chi connectivity index (χ1) is 15.4. The number of nitrogens with one attached hydrogen (secondary N) is 1. The zero-order valence-corrected chi connectivity index (χ0v) is 18.5. The zero-order chi connectivity index (χ0) is 22.7. The summed E-state index contributed by atoms with van der Waals surface area (Å²) in [6.07, 6.45) is 1.97. The van der Waals surface area contributed by atoms with E-state index < -0.39 is 17.8 Å². The Morgan fingerprint density at radius 1 is 1.12 bits per heavy atom. The topological polar surface area (TPSA) is 90.7 Å². The summed E-state index contributed by atoms with van der Waals surface area (Å²) in [5, 5.41) is 2.79. The van der Waals surface area contributed by atoms with Gasteiger partial charge in [0.2, 0.25) is 0 Å². The van der Waals surface area contributed by atoms with Crippen LogP contribution in [0.2, 0.25) is 0 Å². The number of anilines is 1. The SMILES string of the molecule is COC(=O)[C@@H](N)Cc1ccc(Oc2ccc(/C=C3/C(=O)Nc4ccccc43)cc2F)cc1.Cl. The number of esters is 1. The lowest BCUT2D eigenvalue weighted by molar-refractivity contribution is -0.142. The van der Waals surface area contributed by atoms with E-state index in [4.69, 9.17) is 10.5 Å². The van der Waals surface area contributed by atoms with Crippen LogP contribution in [0, 0.1) is 5.82 Å². The number of rotatable bonds is 6. The molecule has 1 aliphatic heterocycles. The van der Waals surface area contributed by atoms with Gasteiger partial charge in [0.25, 0.3) is 5.91 Å². The third-order valence-electron chi connectivity index (χ3n) is 5.09. The number of amides is 1. The number of hydrogen-bond donors (Lipinski definition) is 2. The monoisotopic (exact) mass is 468 g/mol. The minimum Gasteiger partial charge on any atom is -0.468 e. The number of carbonyl (C=O) groups excluding carboxylic acids is 2. The molecule has 0 saturated heterocycles. The Labute approximate surface area is 196 Å². The van der Waals surface area contributed by atoms with E-state index in [1.807, 2.05) is 24.3 Å². The van der Waals surface area contributed by atoms with Crippen molar-refractivity contribution in [3.63, 3.8) is 0 Å². The summed E-state index contributed by atoms with van der Waals surface area (Å²) in [7, 11) is 1.29. The number of hydrogen-bond acceptors (Lipinski definition) is 5. The molecule has 0 radical (unpaired) electrons. The number of benzene rings is 3. The molecule has 170 valence electrons. The molecule has 8 heteroatoms. The van der Waals surface area contributed by atoms with Crippen molar-refractivity contribution in [2.45, 2.75) is 12.5 Å². The van der Waals surface area contributed by atoms with Gasteiger partial charge in [-0.2, -0.15) is 0 Å². The molecule has 3 N–H and O–H groups in total. The number of para-hydroxylation sites is 1. The summed E-state index contributed by atoms with van der Waals surface area (Å²) >= 11 is 0. The van der Waals surface area contributed by atoms with Crippen LogP contribution >= 0.6 is 12.4 Å². The third kappa shape index (κ3) is 5.39. The summed E-state index contributed by atoms with van der Waals surface area (Å²) in [5.41, 5.74) is 9.14. The second-order valence-electron chi connectivity index (χ2n) is 7.33. The molecule has 1 atom stereocenters. The first-order valence-corrected chi connectivity index (χ1v) is 9.97. The largest absolute Gasteiger partial charge is 0.468 e. The van der Waals surface area contributed by atoms with E-state index in [1.165, 1.54) is 19.2 Å². The van der Waals surface area contributed by atoms with Crippen molar-refractivity contribution in [3.8, 4) is 11.5 Å². The molecule has 1 amide bonds. The van der Waals surface area contributed by atoms with Crippen molar-refractivity contribution in [1.29, 1.82) is 0 Å². The molecule has 0 aliphatic carbocycles. The highest BCUT2D eigenvalue weighted by molar-refractivity contribution is 6.34. The predicted octanol–water partition coefficient (Wildman–Crippen LogP) is 4.58. The molecule has 1 aliphatic rings. The zero-order valence-electron chi connectivity index (χ0n) is 17.7. The Hall–Kier alpha value is -3.68. The molecule has 1 heterocycles. The van der Waals surface area contributed by atoms with Gasteiger partial charge in [0, 0.05) is 16.8 Å². The van der Waals surface area contributed by atoms with E-state index in [0.717, 1.165) is 16.8 Å². The molecule has 0 spiro atoms. The van der Waals surface area contributed by atoms with Gasteiger partial charge in [-0.15, -0.1) is 12.4 Å². The summed E-state index contributed by atoms with van der Waals surface area (Å²) in [5.74, 6) is -0.764. The maximum atomic E-state index is 14.7. The molecule has 0 unspecified atom stereocenters. The van der Waals surface area contributed by atoms with Crippen LogP contribution in [0.1, 0.15) is 16.7 Å². The lowest BCUT2D eigenvalue weighted by atomic mass is 10.0. The molecule has 0 bridgehead atoms. The highest BCUT2D eigenvalue weighted by atomic mass is 35.5. The first kappa shape index (κ1) is 24.0. The lowest BCUT2D eigenvalue weighted by Gasteiger charge is -2.11. The first-order valence-electron chi connectivity index (χ1n) is 9.97. The Morgan fingerprint density at radius 2 is 1.85 bits per heavy atom. The molecule has 0 aromatic heterocycles. The molecular weight excluding hydrogens is 447 g/mol. The summed E-state index contributed by atoms with van der Waals surface area (Å²) in [6.45, 7) is 0. The van der Waals surface area contributed by atoms with Crippen LogP contribution < -0.4 is 15.8 Å². The number of carbonyl (C=O) groups is 2. The number of ether oxygens (including phenoxy) is 2. The molecule has 3 aromatic carbocycles. The van der Waals surface area contributed by atoms with E-state index in [2.05, 4.69) is 10.1 Å². The summed E-state index contributed by atoms with van der Waals surface area (Å²) in [4.78, 5) is 23.7. The summed E-state index contributed by atoms with van der Waals surface area (Å²) < 4.78 is 24.9. The summed E-state index contributed by atoms with van der Waals surface area (Å²) in [6, 6.07) is 18.0. The van der Waals surface area contributed by atoms with Gasteiger partial charge in [0.15, 0.2) is 11.6 Å². The second kappa shape index (κ2) is 10.3. The minimum absolute atomic E-state index is 0. The van der Waals surface area contributed by atoms with Gasteiger partial charge in [0.05, 0.1) is 7.11 Å². The fraction of sp³-hybridized carbons (Fsp3) is 0.120. The van der Waals surface area contributed by atoms with Crippen molar-refractivity contribution in [3.05, 3.63) is 89.2 Å². The Bertz CT molecular complexity index is 1210. The standard InChI is InChI=1S/C25H21FN2O4.ClH/c1-31-25(30)21(27)14-15-6-9-17(10-7-15)32-23-11-8-16(13-20(23)26)12-19-18-4-2-3-5-22(18)28-24(19)29;/h2-13,21H,14,27H2,1H3,(H,28,29);1H/b19-12+;/t21-;/m0./s1. The maximum Gasteiger partial charge on any atom is 0.322 e. The number of halogens is 2. The van der Waals surface area contributed by atoms with Crippen molar-refractivity contribution >= 4 is 41.6 Å². The van der Waals surface area contributed by atoms with E-state index in [-0.39, 0.29) is 24.1 Å². The van der Waals surface area contributed by atoms with Crippen LogP contribution in [-0.2, 0) is 20.7 Å². The molecule has 4 rings (SSSR count). The number of methoxy groups -OCH3 is 1. The fourth-order valence-electron chi connectivity index (χ4n) is 3.45. The van der Waals surface area contributed by atoms with Crippen LogP contribution in [0.5, 0.6) is 11.5 Å². The molecule has 0 fully saturated rings. The van der Waals surface area contributed by atoms with Crippen LogP contribution in [0.15, 0.2) is 66.7 Å². The van der Waals surface area contributed by atoms with Gasteiger partial charge >= 0.3 is 5.97 Å². The molecule has 6 nitrogen and oxygen atoms in total. The second-order valence-corrected chi connectivity index (χ2v) is 7.33. The maximum absolute atomic E-state index is 14.7. The van der Waals surface area contributed by atoms with E-state index in [9.17, 15) is 14.0 Å². The molecule has 0 saturated carbocycles. The van der Waals surface area contributed by atoms with Crippen LogP contribution in [0.4, 0.5) is 10.1 Å². The molecule has 3 aromatic rings. The lowest BCUT2D eigenvalue weighted by Crippen LogP contribution is -2.33. The van der Waals surface area contributed by atoms with E-state index in [0.29, 0.717) is 23.3 Å². The number of nitrogens with two attached hydrogens (primary N) is 1. The Balaban J connectivity index is 0.00000306. The number of fused-ring (bicyclic) bond motifs is 1. The third-order valence-corrected chi connectivity index (χ3v) is 5.09. The predicted molar refractivity (Wildman–Crippen MR) is 127 cm³/mol. The Morgan fingerprint density at radius 3 is 2.55 bits per heavy atom. The van der Waals surface area contributed by atoms with Gasteiger partial charge < -0.3 is 20.5 Å². The van der Waals surface area contributed by atoms with Crippen LogP contribution in [0.25, 0.3) is 11.6 Å².